The molecule has 1 aliphatic rings. The maximum Gasteiger partial charge on any atom is 0.257 e. The number of thioether (sulfide) groups is 1. The Morgan fingerprint density at radius 2 is 2.00 bits per heavy atom. The lowest BCUT2D eigenvalue weighted by Crippen LogP contribution is -2.43. The Balaban J connectivity index is 2.04. The summed E-state index contributed by atoms with van der Waals surface area (Å²) in [5.74, 6) is 0.400. The molecule has 0 saturated heterocycles. The Morgan fingerprint density at radius 1 is 1.27 bits per heavy atom. The van der Waals surface area contributed by atoms with Gasteiger partial charge < -0.3 is 20.1 Å². The van der Waals surface area contributed by atoms with Gasteiger partial charge in [-0.15, -0.1) is 11.8 Å². The lowest BCUT2D eigenvalue weighted by Gasteiger charge is -2.25. The predicted molar refractivity (Wildman–Crippen MR) is 105 cm³/mol. The number of hydrogen-bond acceptors (Lipinski definition) is 5. The molecule has 0 unspecified atom stereocenters. The molecule has 26 heavy (non-hydrogen) atoms. The summed E-state index contributed by atoms with van der Waals surface area (Å²) < 4.78 is 5.19. The summed E-state index contributed by atoms with van der Waals surface area (Å²) in [7, 11) is 3.43. The number of fused-ring (bicyclic) bond motifs is 1. The average Bonchev–Trinajstić information content (AvgIpc) is 2.77. The number of hydrogen-bond donors (Lipinski definition) is 2. The van der Waals surface area contributed by atoms with Crippen LogP contribution in [0.1, 0.15) is 10.8 Å². The number of nitrogens with zero attached hydrogens (tertiary/aromatic N) is 1. The summed E-state index contributed by atoms with van der Waals surface area (Å²) in [6, 6.07) is 12.9. The van der Waals surface area contributed by atoms with Gasteiger partial charge >= 0.3 is 0 Å². The van der Waals surface area contributed by atoms with E-state index in [9.17, 15) is 9.90 Å². The van der Waals surface area contributed by atoms with Crippen molar-refractivity contribution in [2.45, 2.75) is 16.2 Å². The molecule has 1 heterocycles. The second kappa shape index (κ2) is 8.31. The number of methoxy groups -OCH3 is 1. The van der Waals surface area contributed by atoms with Crippen LogP contribution in [0.25, 0.3) is 0 Å². The minimum absolute atomic E-state index is 0.324. The molecule has 0 aliphatic carbocycles. The molecule has 0 aromatic heterocycles. The standard InChI is InChI=1S/C19H21ClN2O3S/c1-21-10-11-22-15-5-3-4-14(20)18(15)26-17(16(23)19(22)24)12-6-8-13(25-2)9-7-12/h3-9,16-17,21,23H,10-11H2,1-2H3/t16-,17+/m0/s1. The molecular weight excluding hydrogens is 372 g/mol. The van der Waals surface area contributed by atoms with Crippen LogP contribution in [0.5, 0.6) is 5.75 Å². The summed E-state index contributed by atoms with van der Waals surface area (Å²) in [6.07, 6.45) is -1.17. The van der Waals surface area contributed by atoms with E-state index < -0.39 is 11.4 Å². The highest BCUT2D eigenvalue weighted by Gasteiger charge is 2.37. The van der Waals surface area contributed by atoms with Crippen LogP contribution < -0.4 is 15.0 Å². The molecule has 1 aliphatic heterocycles. The number of halogens is 1. The van der Waals surface area contributed by atoms with Crippen LogP contribution >= 0.6 is 23.4 Å². The SMILES string of the molecule is CNCCN1C(=O)[C@@H](O)[C@@H](c2ccc(OC)cc2)Sc2c(Cl)cccc21. The van der Waals surface area contributed by atoms with Gasteiger partial charge in [0, 0.05) is 13.1 Å². The molecular formula is C19H21ClN2O3S. The molecule has 0 radical (unpaired) electrons. The molecule has 2 N–H and O–H groups in total. The smallest absolute Gasteiger partial charge is 0.257 e. The number of likely N-dealkylation sites (N-methyl/N-ethyl adjacent to an activating group) is 1. The van der Waals surface area contributed by atoms with Crippen molar-refractivity contribution in [3.8, 4) is 5.75 Å². The Morgan fingerprint density at radius 3 is 2.65 bits per heavy atom. The fraction of sp³-hybridized carbons (Fsp3) is 0.316. The Bertz CT molecular complexity index is 785. The minimum atomic E-state index is -1.17. The van der Waals surface area contributed by atoms with E-state index in [2.05, 4.69) is 5.32 Å². The second-order valence-corrected chi connectivity index (χ2v) is 7.50. The van der Waals surface area contributed by atoms with Crippen molar-refractivity contribution < 1.29 is 14.6 Å². The number of ether oxygens (including phenoxy) is 1. The summed E-state index contributed by atoms with van der Waals surface area (Å²) in [6.45, 7) is 1.07. The fourth-order valence-electron chi connectivity index (χ4n) is 2.92. The number of aliphatic hydroxyl groups is 1. The zero-order valence-corrected chi connectivity index (χ0v) is 16.2. The molecule has 2 aromatic carbocycles. The Hall–Kier alpha value is -1.73. The van der Waals surface area contributed by atoms with Crippen molar-refractivity contribution in [3.63, 3.8) is 0 Å². The second-order valence-electron chi connectivity index (χ2n) is 5.94. The maximum atomic E-state index is 13.0. The van der Waals surface area contributed by atoms with E-state index in [0.717, 1.165) is 21.9 Å². The van der Waals surface area contributed by atoms with Crippen LogP contribution in [0.15, 0.2) is 47.4 Å². The quantitative estimate of drug-likeness (QED) is 0.818. The largest absolute Gasteiger partial charge is 0.497 e. The van der Waals surface area contributed by atoms with E-state index in [0.29, 0.717) is 18.1 Å². The predicted octanol–water partition coefficient (Wildman–Crippen LogP) is 3.11. The first-order chi connectivity index (χ1) is 12.6. The first-order valence-corrected chi connectivity index (χ1v) is 9.55. The summed E-state index contributed by atoms with van der Waals surface area (Å²) in [5.41, 5.74) is 1.58. The van der Waals surface area contributed by atoms with Gasteiger partial charge in [0.2, 0.25) is 0 Å². The third-order valence-electron chi connectivity index (χ3n) is 4.32. The van der Waals surface area contributed by atoms with Gasteiger partial charge in [-0.25, -0.2) is 0 Å². The molecule has 7 heteroatoms. The minimum Gasteiger partial charge on any atom is -0.497 e. The molecule has 2 atom stereocenters. The molecule has 138 valence electrons. The third kappa shape index (κ3) is 3.69. The number of rotatable bonds is 5. The van der Waals surface area contributed by atoms with E-state index in [4.69, 9.17) is 16.3 Å². The molecule has 0 fully saturated rings. The van der Waals surface area contributed by atoms with E-state index in [1.807, 2.05) is 43.4 Å². The topological polar surface area (TPSA) is 61.8 Å². The van der Waals surface area contributed by atoms with Crippen molar-refractivity contribution >= 4 is 35.0 Å². The van der Waals surface area contributed by atoms with Crippen molar-refractivity contribution in [1.82, 2.24) is 5.32 Å². The third-order valence-corrected chi connectivity index (χ3v) is 6.19. The van der Waals surface area contributed by atoms with Crippen molar-refractivity contribution in [1.29, 1.82) is 0 Å². The molecule has 0 spiro atoms. The van der Waals surface area contributed by atoms with Crippen LogP contribution in [0.2, 0.25) is 5.02 Å². The van der Waals surface area contributed by atoms with Crippen molar-refractivity contribution in [3.05, 3.63) is 53.1 Å². The summed E-state index contributed by atoms with van der Waals surface area (Å²) in [5, 5.41) is 14.0. The van der Waals surface area contributed by atoms with Crippen LogP contribution in [-0.2, 0) is 4.79 Å². The van der Waals surface area contributed by atoms with Gasteiger partial charge in [-0.05, 0) is 36.9 Å². The number of carbonyl (C=O) groups is 1. The van der Waals surface area contributed by atoms with Crippen LogP contribution in [-0.4, -0.2) is 44.4 Å². The highest BCUT2D eigenvalue weighted by atomic mass is 35.5. The summed E-state index contributed by atoms with van der Waals surface area (Å²) >= 11 is 7.85. The molecule has 0 bridgehead atoms. The normalized spacial score (nSPS) is 19.8. The molecule has 0 saturated carbocycles. The Labute approximate surface area is 162 Å². The lowest BCUT2D eigenvalue weighted by molar-refractivity contribution is -0.126. The molecule has 3 rings (SSSR count). The number of carbonyl (C=O) groups excluding carboxylic acids is 1. The van der Waals surface area contributed by atoms with Crippen LogP contribution in [0.3, 0.4) is 0 Å². The van der Waals surface area contributed by atoms with Gasteiger partial charge in [-0.1, -0.05) is 29.8 Å². The molecule has 5 nitrogen and oxygen atoms in total. The van der Waals surface area contributed by atoms with E-state index in [1.54, 1.807) is 18.1 Å². The summed E-state index contributed by atoms with van der Waals surface area (Å²) in [4.78, 5) is 15.4. The first kappa shape index (κ1) is 19.0. The Kier molecular flexibility index (Phi) is 6.09. The monoisotopic (exact) mass is 392 g/mol. The van der Waals surface area contributed by atoms with Gasteiger partial charge in [0.25, 0.3) is 5.91 Å². The number of anilines is 1. The first-order valence-electron chi connectivity index (χ1n) is 8.30. The number of amides is 1. The number of aliphatic hydroxyl groups excluding tert-OH is 1. The molecule has 1 amide bonds. The average molecular weight is 393 g/mol. The zero-order chi connectivity index (χ0) is 18.7. The van der Waals surface area contributed by atoms with Gasteiger partial charge in [0.1, 0.15) is 11.9 Å². The highest BCUT2D eigenvalue weighted by molar-refractivity contribution is 8.00. The number of nitrogens with one attached hydrogen (secondary N) is 1. The molecule has 2 aromatic rings. The van der Waals surface area contributed by atoms with Crippen LogP contribution in [0.4, 0.5) is 5.69 Å². The van der Waals surface area contributed by atoms with Gasteiger partial charge in [0.15, 0.2) is 0 Å². The van der Waals surface area contributed by atoms with Gasteiger partial charge in [0.05, 0.1) is 28.0 Å². The van der Waals surface area contributed by atoms with E-state index in [-0.39, 0.29) is 5.91 Å². The van der Waals surface area contributed by atoms with Crippen molar-refractivity contribution in [2.75, 3.05) is 32.1 Å². The van der Waals surface area contributed by atoms with Gasteiger partial charge in [-0.2, -0.15) is 0 Å². The van der Waals surface area contributed by atoms with Gasteiger partial charge in [-0.3, -0.25) is 4.79 Å². The van der Waals surface area contributed by atoms with E-state index in [1.165, 1.54) is 11.8 Å². The van der Waals surface area contributed by atoms with E-state index >= 15 is 0 Å². The fourth-order valence-corrected chi connectivity index (χ4v) is 4.50. The highest BCUT2D eigenvalue weighted by Crippen LogP contribution is 2.48. The van der Waals surface area contributed by atoms with Crippen molar-refractivity contribution in [2.24, 2.45) is 0 Å². The lowest BCUT2D eigenvalue weighted by atomic mass is 10.1. The zero-order valence-electron chi connectivity index (χ0n) is 14.6. The van der Waals surface area contributed by atoms with Crippen LogP contribution in [0, 0.1) is 0 Å². The number of benzene rings is 2. The maximum absolute atomic E-state index is 13.0.